The summed E-state index contributed by atoms with van der Waals surface area (Å²) in [5.74, 6) is 0.345. The summed E-state index contributed by atoms with van der Waals surface area (Å²) in [4.78, 5) is 22.8. The summed E-state index contributed by atoms with van der Waals surface area (Å²) in [6.07, 6.45) is 5.07. The van der Waals surface area contributed by atoms with Crippen molar-refractivity contribution in [3.05, 3.63) is 27.7 Å². The van der Waals surface area contributed by atoms with E-state index in [1.807, 2.05) is 0 Å². The molecule has 1 atom stereocenters. The summed E-state index contributed by atoms with van der Waals surface area (Å²) in [6, 6.07) is 1.55. The number of halogens is 2. The number of benzene rings is 1. The quantitative estimate of drug-likeness (QED) is 0.741. The van der Waals surface area contributed by atoms with Gasteiger partial charge < -0.3 is 16.2 Å². The molecular formula is C12H10Cl2N2O3. The van der Waals surface area contributed by atoms with Crippen molar-refractivity contribution < 1.29 is 14.7 Å². The minimum Gasteiger partial charge on any atom is -0.478 e. The van der Waals surface area contributed by atoms with Crippen LogP contribution in [-0.2, 0) is 4.79 Å². The standard InChI is InChI=1S/C12H10Cl2N2O3/c1-2-3-9(15)11(17)16-10-7(12(18)19)4-6(13)5-8(10)14/h1,4-5,9H,3,15H2,(H,16,17)(H,18,19). The zero-order valence-electron chi connectivity index (χ0n) is 9.61. The molecule has 1 aromatic rings. The first-order valence-corrected chi connectivity index (χ1v) is 5.84. The Labute approximate surface area is 119 Å². The Morgan fingerprint density at radius 1 is 1.47 bits per heavy atom. The Morgan fingerprint density at radius 2 is 2.11 bits per heavy atom. The monoisotopic (exact) mass is 300 g/mol. The van der Waals surface area contributed by atoms with Gasteiger partial charge in [0.05, 0.1) is 22.3 Å². The van der Waals surface area contributed by atoms with Gasteiger partial charge in [0.15, 0.2) is 0 Å². The highest BCUT2D eigenvalue weighted by Crippen LogP contribution is 2.30. The molecule has 0 fully saturated rings. The number of nitrogens with one attached hydrogen (secondary N) is 1. The molecule has 1 aromatic carbocycles. The molecule has 0 bridgehead atoms. The highest BCUT2D eigenvalue weighted by Gasteiger charge is 2.20. The fourth-order valence-electron chi connectivity index (χ4n) is 1.30. The molecule has 0 aliphatic rings. The summed E-state index contributed by atoms with van der Waals surface area (Å²) < 4.78 is 0. The molecule has 0 radical (unpaired) electrons. The van der Waals surface area contributed by atoms with Gasteiger partial charge in [-0.25, -0.2) is 4.79 Å². The molecule has 0 heterocycles. The van der Waals surface area contributed by atoms with Crippen molar-refractivity contribution in [2.75, 3.05) is 5.32 Å². The number of nitrogens with two attached hydrogens (primary N) is 1. The van der Waals surface area contributed by atoms with Gasteiger partial charge in [0.25, 0.3) is 0 Å². The number of hydrogen-bond donors (Lipinski definition) is 3. The third-order valence-electron chi connectivity index (χ3n) is 2.21. The molecule has 19 heavy (non-hydrogen) atoms. The summed E-state index contributed by atoms with van der Waals surface area (Å²) in [5.41, 5.74) is 5.23. The van der Waals surface area contributed by atoms with Gasteiger partial charge in [-0.1, -0.05) is 23.2 Å². The lowest BCUT2D eigenvalue weighted by atomic mass is 10.1. The van der Waals surface area contributed by atoms with E-state index in [1.54, 1.807) is 0 Å². The van der Waals surface area contributed by atoms with Crippen molar-refractivity contribution in [2.45, 2.75) is 12.5 Å². The third kappa shape index (κ3) is 3.86. The second-order valence-corrected chi connectivity index (χ2v) is 4.46. The molecule has 1 unspecified atom stereocenters. The van der Waals surface area contributed by atoms with E-state index in [0.717, 1.165) is 0 Å². The van der Waals surface area contributed by atoms with Crippen molar-refractivity contribution >= 4 is 40.8 Å². The Hall–Kier alpha value is -1.74. The van der Waals surface area contributed by atoms with E-state index < -0.39 is 17.9 Å². The van der Waals surface area contributed by atoms with E-state index in [9.17, 15) is 9.59 Å². The van der Waals surface area contributed by atoms with Crippen LogP contribution in [0.3, 0.4) is 0 Å². The van der Waals surface area contributed by atoms with Crippen LogP contribution in [0.25, 0.3) is 0 Å². The van der Waals surface area contributed by atoms with Gasteiger partial charge in [-0.15, -0.1) is 12.3 Å². The maximum absolute atomic E-state index is 11.7. The van der Waals surface area contributed by atoms with E-state index in [-0.39, 0.29) is 27.7 Å². The number of amides is 1. The number of carboxylic acids is 1. The van der Waals surface area contributed by atoms with Crippen LogP contribution in [0.4, 0.5) is 5.69 Å². The summed E-state index contributed by atoms with van der Waals surface area (Å²) in [7, 11) is 0. The van der Waals surface area contributed by atoms with Crippen LogP contribution in [0.5, 0.6) is 0 Å². The number of rotatable bonds is 4. The molecule has 0 saturated carbocycles. The fraction of sp³-hybridized carbons (Fsp3) is 0.167. The molecule has 100 valence electrons. The zero-order chi connectivity index (χ0) is 14.6. The number of carbonyl (C=O) groups is 2. The lowest BCUT2D eigenvalue weighted by Gasteiger charge is -2.13. The van der Waals surface area contributed by atoms with Crippen LogP contribution < -0.4 is 11.1 Å². The molecule has 1 rings (SSSR count). The predicted octanol–water partition coefficient (Wildman–Crippen LogP) is 1.98. The molecule has 0 aliphatic heterocycles. The Balaban J connectivity index is 3.11. The predicted molar refractivity (Wildman–Crippen MR) is 73.5 cm³/mol. The van der Waals surface area contributed by atoms with Gasteiger partial charge in [0, 0.05) is 11.4 Å². The average molecular weight is 301 g/mol. The van der Waals surface area contributed by atoms with Crippen molar-refractivity contribution in [3.63, 3.8) is 0 Å². The topological polar surface area (TPSA) is 92.4 Å². The summed E-state index contributed by atoms with van der Waals surface area (Å²) in [5, 5.41) is 11.5. The molecule has 7 heteroatoms. The zero-order valence-corrected chi connectivity index (χ0v) is 11.1. The van der Waals surface area contributed by atoms with Crippen LogP contribution in [0.1, 0.15) is 16.8 Å². The van der Waals surface area contributed by atoms with E-state index in [2.05, 4.69) is 11.2 Å². The smallest absolute Gasteiger partial charge is 0.337 e. The first-order valence-electron chi connectivity index (χ1n) is 5.09. The average Bonchev–Trinajstić information content (AvgIpc) is 2.32. The second-order valence-electron chi connectivity index (χ2n) is 3.62. The van der Waals surface area contributed by atoms with Crippen LogP contribution >= 0.6 is 23.2 Å². The normalized spacial score (nSPS) is 11.5. The lowest BCUT2D eigenvalue weighted by molar-refractivity contribution is -0.117. The van der Waals surface area contributed by atoms with Crippen LogP contribution in [0.2, 0.25) is 10.0 Å². The second kappa shape index (κ2) is 6.43. The highest BCUT2D eigenvalue weighted by molar-refractivity contribution is 6.37. The van der Waals surface area contributed by atoms with Crippen LogP contribution in [0, 0.1) is 12.3 Å². The maximum Gasteiger partial charge on any atom is 0.337 e. The molecule has 0 aromatic heterocycles. The molecule has 0 aliphatic carbocycles. The summed E-state index contributed by atoms with van der Waals surface area (Å²) >= 11 is 11.6. The van der Waals surface area contributed by atoms with E-state index in [1.165, 1.54) is 12.1 Å². The number of terminal acetylenes is 1. The van der Waals surface area contributed by atoms with E-state index in [0.29, 0.717) is 0 Å². The van der Waals surface area contributed by atoms with Crippen molar-refractivity contribution in [1.29, 1.82) is 0 Å². The first-order chi connectivity index (χ1) is 8.86. The van der Waals surface area contributed by atoms with Crippen LogP contribution in [0.15, 0.2) is 12.1 Å². The SMILES string of the molecule is C#CCC(N)C(=O)Nc1c(Cl)cc(Cl)cc1C(=O)O. The van der Waals surface area contributed by atoms with Gasteiger partial charge in [-0.2, -0.15) is 0 Å². The Bertz CT molecular complexity index is 567. The van der Waals surface area contributed by atoms with Gasteiger partial charge in [-0.3, -0.25) is 4.79 Å². The fourth-order valence-corrected chi connectivity index (χ4v) is 1.85. The summed E-state index contributed by atoms with van der Waals surface area (Å²) in [6.45, 7) is 0. The van der Waals surface area contributed by atoms with Crippen molar-refractivity contribution in [2.24, 2.45) is 5.73 Å². The van der Waals surface area contributed by atoms with Crippen LogP contribution in [-0.4, -0.2) is 23.0 Å². The minimum absolute atomic E-state index is 0.00570. The van der Waals surface area contributed by atoms with E-state index in [4.69, 9.17) is 40.5 Å². The molecule has 4 N–H and O–H groups in total. The largest absolute Gasteiger partial charge is 0.478 e. The van der Waals surface area contributed by atoms with Gasteiger partial charge >= 0.3 is 5.97 Å². The number of carbonyl (C=O) groups excluding carboxylic acids is 1. The third-order valence-corrected chi connectivity index (χ3v) is 2.72. The number of aromatic carboxylic acids is 1. The van der Waals surface area contributed by atoms with Crippen molar-refractivity contribution in [3.8, 4) is 12.3 Å². The van der Waals surface area contributed by atoms with Crippen molar-refractivity contribution in [1.82, 2.24) is 0 Å². The molecule has 1 amide bonds. The van der Waals surface area contributed by atoms with Gasteiger partial charge in [0.2, 0.25) is 5.91 Å². The maximum atomic E-state index is 11.7. The number of carboxylic acid groups (broad SMARTS) is 1. The van der Waals surface area contributed by atoms with Gasteiger partial charge in [0.1, 0.15) is 0 Å². The molecule has 5 nitrogen and oxygen atoms in total. The van der Waals surface area contributed by atoms with Gasteiger partial charge in [-0.05, 0) is 12.1 Å². The molecule has 0 saturated heterocycles. The van der Waals surface area contributed by atoms with E-state index >= 15 is 0 Å². The molecular weight excluding hydrogens is 291 g/mol. The Kier molecular flexibility index (Phi) is 5.19. The molecule has 0 spiro atoms. The minimum atomic E-state index is -1.27. The number of hydrogen-bond acceptors (Lipinski definition) is 3. The number of anilines is 1. The Morgan fingerprint density at radius 3 is 2.63 bits per heavy atom. The first kappa shape index (κ1) is 15.3. The highest BCUT2D eigenvalue weighted by atomic mass is 35.5. The lowest BCUT2D eigenvalue weighted by Crippen LogP contribution is -2.35.